The Kier molecular flexibility index (Phi) is 5.77. The summed E-state index contributed by atoms with van der Waals surface area (Å²) < 4.78 is 10.9. The van der Waals surface area contributed by atoms with E-state index in [2.05, 4.69) is 5.32 Å². The Hall–Kier alpha value is -3.02. The summed E-state index contributed by atoms with van der Waals surface area (Å²) in [4.78, 5) is 28.7. The van der Waals surface area contributed by atoms with Gasteiger partial charge in [-0.05, 0) is 60.6 Å². The Bertz CT molecular complexity index is 1070. The number of amides is 2. The molecule has 2 amide bonds. The van der Waals surface area contributed by atoms with Crippen LogP contribution in [0.25, 0.3) is 0 Å². The Labute approximate surface area is 195 Å². The SMILES string of the molecule is COc1cc2c(cc1OC)C(NC(=O)CC1(N3Cc4ccccc4C3=O)CCCCC1)CC2. The predicted octanol–water partition coefficient (Wildman–Crippen LogP) is 4.56. The monoisotopic (exact) mass is 448 g/mol. The fourth-order valence-electron chi connectivity index (χ4n) is 6.02. The van der Waals surface area contributed by atoms with E-state index in [9.17, 15) is 9.59 Å². The molecule has 0 aromatic heterocycles. The van der Waals surface area contributed by atoms with E-state index in [0.29, 0.717) is 18.7 Å². The number of methoxy groups -OCH3 is 2. The van der Waals surface area contributed by atoms with Crippen molar-refractivity contribution in [3.8, 4) is 11.5 Å². The maximum absolute atomic E-state index is 13.4. The molecule has 1 aliphatic heterocycles. The smallest absolute Gasteiger partial charge is 0.254 e. The van der Waals surface area contributed by atoms with E-state index in [-0.39, 0.29) is 17.9 Å². The van der Waals surface area contributed by atoms with Crippen molar-refractivity contribution >= 4 is 11.8 Å². The van der Waals surface area contributed by atoms with Gasteiger partial charge in [0, 0.05) is 18.5 Å². The molecule has 174 valence electrons. The first-order chi connectivity index (χ1) is 16.0. The van der Waals surface area contributed by atoms with E-state index in [0.717, 1.165) is 67.4 Å². The van der Waals surface area contributed by atoms with Gasteiger partial charge in [-0.2, -0.15) is 0 Å². The van der Waals surface area contributed by atoms with Crippen LogP contribution < -0.4 is 14.8 Å². The van der Waals surface area contributed by atoms with Gasteiger partial charge in [-0.15, -0.1) is 0 Å². The highest BCUT2D eigenvalue weighted by atomic mass is 16.5. The molecule has 0 radical (unpaired) electrons. The second-order valence-electron chi connectivity index (χ2n) is 9.58. The molecule has 0 spiro atoms. The van der Waals surface area contributed by atoms with E-state index < -0.39 is 5.54 Å². The Morgan fingerprint density at radius 1 is 1.06 bits per heavy atom. The number of carbonyl (C=O) groups is 2. The van der Waals surface area contributed by atoms with Crippen LogP contribution in [-0.2, 0) is 17.8 Å². The van der Waals surface area contributed by atoms with Crippen LogP contribution in [0.5, 0.6) is 11.5 Å². The minimum atomic E-state index is -0.405. The number of aryl methyl sites for hydroxylation is 1. The van der Waals surface area contributed by atoms with Crippen molar-refractivity contribution in [3.05, 3.63) is 58.7 Å². The molecular formula is C27H32N2O4. The van der Waals surface area contributed by atoms with Gasteiger partial charge in [0.15, 0.2) is 11.5 Å². The average Bonchev–Trinajstić information content (AvgIpc) is 3.39. The highest BCUT2D eigenvalue weighted by Crippen LogP contribution is 2.42. The van der Waals surface area contributed by atoms with E-state index in [1.54, 1.807) is 14.2 Å². The van der Waals surface area contributed by atoms with Crippen molar-refractivity contribution in [1.82, 2.24) is 10.2 Å². The zero-order chi connectivity index (χ0) is 23.0. The number of nitrogens with zero attached hydrogens (tertiary/aromatic N) is 1. The van der Waals surface area contributed by atoms with Crippen LogP contribution in [0.3, 0.4) is 0 Å². The molecule has 1 fully saturated rings. The van der Waals surface area contributed by atoms with Crippen LogP contribution in [0.4, 0.5) is 0 Å². The Morgan fingerprint density at radius 2 is 1.79 bits per heavy atom. The normalized spacial score (nSPS) is 20.8. The first kappa shape index (κ1) is 21.8. The van der Waals surface area contributed by atoms with Crippen LogP contribution >= 0.6 is 0 Å². The van der Waals surface area contributed by atoms with Gasteiger partial charge in [-0.25, -0.2) is 0 Å². The molecule has 6 heteroatoms. The van der Waals surface area contributed by atoms with Crippen LogP contribution in [0.1, 0.15) is 78.0 Å². The van der Waals surface area contributed by atoms with Gasteiger partial charge in [-0.1, -0.05) is 37.5 Å². The summed E-state index contributed by atoms with van der Waals surface area (Å²) in [6.07, 6.45) is 7.14. The number of nitrogens with one attached hydrogen (secondary N) is 1. The number of hydrogen-bond acceptors (Lipinski definition) is 4. The molecule has 1 saturated carbocycles. The minimum Gasteiger partial charge on any atom is -0.493 e. The van der Waals surface area contributed by atoms with Crippen molar-refractivity contribution in [2.45, 2.75) is 69.5 Å². The molecule has 6 nitrogen and oxygen atoms in total. The minimum absolute atomic E-state index is 0.0216. The third-order valence-electron chi connectivity index (χ3n) is 7.73. The molecule has 1 N–H and O–H groups in total. The van der Waals surface area contributed by atoms with Gasteiger partial charge in [0.1, 0.15) is 0 Å². The number of rotatable bonds is 6. The molecular weight excluding hydrogens is 416 g/mol. The fourth-order valence-corrected chi connectivity index (χ4v) is 6.02. The van der Waals surface area contributed by atoms with Crippen molar-refractivity contribution < 1.29 is 19.1 Å². The lowest BCUT2D eigenvalue weighted by atomic mass is 9.77. The van der Waals surface area contributed by atoms with Gasteiger partial charge in [0.2, 0.25) is 5.91 Å². The molecule has 5 rings (SSSR count). The first-order valence-electron chi connectivity index (χ1n) is 12.0. The first-order valence-corrected chi connectivity index (χ1v) is 12.0. The lowest BCUT2D eigenvalue weighted by Gasteiger charge is -2.44. The molecule has 33 heavy (non-hydrogen) atoms. The second-order valence-corrected chi connectivity index (χ2v) is 9.58. The number of fused-ring (bicyclic) bond motifs is 2. The highest BCUT2D eigenvalue weighted by molar-refractivity contribution is 5.99. The molecule has 0 bridgehead atoms. The molecule has 3 aliphatic rings. The summed E-state index contributed by atoms with van der Waals surface area (Å²) in [5.74, 6) is 1.50. The third-order valence-corrected chi connectivity index (χ3v) is 7.73. The van der Waals surface area contributed by atoms with Gasteiger partial charge < -0.3 is 19.7 Å². The standard InChI is InChI=1S/C27H32N2O4/c1-32-23-14-18-10-11-22(21(18)15-24(23)33-2)28-25(30)16-27(12-6-3-7-13-27)29-17-19-8-4-5-9-20(19)26(29)31/h4-5,8-9,14-15,22H,3,6-7,10-13,16-17H2,1-2H3,(H,28,30). The molecule has 1 unspecified atom stereocenters. The fraction of sp³-hybridized carbons (Fsp3) is 0.481. The largest absolute Gasteiger partial charge is 0.493 e. The lowest BCUT2D eigenvalue weighted by molar-refractivity contribution is -0.125. The van der Waals surface area contributed by atoms with Crippen molar-refractivity contribution in [2.75, 3.05) is 14.2 Å². The molecule has 0 saturated heterocycles. The third kappa shape index (κ3) is 3.85. The quantitative estimate of drug-likeness (QED) is 0.704. The van der Waals surface area contributed by atoms with Crippen LogP contribution in [-0.4, -0.2) is 36.5 Å². The molecule has 1 atom stereocenters. The Balaban J connectivity index is 1.35. The second kappa shape index (κ2) is 8.73. The van der Waals surface area contributed by atoms with Crippen LogP contribution in [0.2, 0.25) is 0 Å². The van der Waals surface area contributed by atoms with Gasteiger partial charge in [-0.3, -0.25) is 9.59 Å². The Morgan fingerprint density at radius 3 is 2.52 bits per heavy atom. The predicted molar refractivity (Wildman–Crippen MR) is 125 cm³/mol. The topological polar surface area (TPSA) is 67.9 Å². The highest BCUT2D eigenvalue weighted by Gasteiger charge is 2.45. The molecule has 1 heterocycles. The summed E-state index contributed by atoms with van der Waals surface area (Å²) in [6.45, 7) is 0.603. The molecule has 2 aromatic carbocycles. The summed E-state index contributed by atoms with van der Waals surface area (Å²) >= 11 is 0. The van der Waals surface area contributed by atoms with Crippen molar-refractivity contribution in [1.29, 1.82) is 0 Å². The zero-order valence-corrected chi connectivity index (χ0v) is 19.5. The van der Waals surface area contributed by atoms with E-state index in [1.165, 1.54) is 5.56 Å². The van der Waals surface area contributed by atoms with Crippen molar-refractivity contribution in [3.63, 3.8) is 0 Å². The number of benzene rings is 2. The van der Waals surface area contributed by atoms with E-state index in [4.69, 9.17) is 9.47 Å². The maximum Gasteiger partial charge on any atom is 0.254 e. The maximum atomic E-state index is 13.4. The summed E-state index contributed by atoms with van der Waals surface area (Å²) in [6, 6.07) is 11.8. The number of hydrogen-bond donors (Lipinski definition) is 1. The van der Waals surface area contributed by atoms with E-state index >= 15 is 0 Å². The van der Waals surface area contributed by atoms with Gasteiger partial charge in [0.05, 0.1) is 25.8 Å². The van der Waals surface area contributed by atoms with Gasteiger partial charge >= 0.3 is 0 Å². The van der Waals surface area contributed by atoms with Crippen LogP contribution in [0.15, 0.2) is 36.4 Å². The number of carbonyl (C=O) groups excluding carboxylic acids is 2. The molecule has 2 aliphatic carbocycles. The summed E-state index contributed by atoms with van der Waals surface area (Å²) in [5.41, 5.74) is 3.74. The van der Waals surface area contributed by atoms with E-state index in [1.807, 2.05) is 41.3 Å². The zero-order valence-electron chi connectivity index (χ0n) is 19.5. The van der Waals surface area contributed by atoms with Crippen molar-refractivity contribution in [2.24, 2.45) is 0 Å². The van der Waals surface area contributed by atoms with Crippen LogP contribution in [0, 0.1) is 0 Å². The molecule has 2 aromatic rings. The summed E-state index contributed by atoms with van der Waals surface area (Å²) in [5, 5.41) is 3.28. The lowest BCUT2D eigenvalue weighted by Crippen LogP contribution is -2.52. The summed E-state index contributed by atoms with van der Waals surface area (Å²) in [7, 11) is 3.27. The average molecular weight is 449 g/mol. The number of ether oxygens (including phenoxy) is 2. The van der Waals surface area contributed by atoms with Gasteiger partial charge in [0.25, 0.3) is 5.91 Å².